The molecule has 0 amide bonds. The number of benzene rings is 2. The molecule has 2 aromatic heterocycles. The molecule has 1 aliphatic carbocycles. The number of ether oxygens (including phenoxy) is 1. The Kier molecular flexibility index (Phi) is 6.21. The van der Waals surface area contributed by atoms with Crippen molar-refractivity contribution in [3.63, 3.8) is 0 Å². The number of hydrogen-bond acceptors (Lipinski definition) is 5. The molecule has 0 spiro atoms. The molecular weight excluding hydrogens is 452 g/mol. The van der Waals surface area contributed by atoms with Crippen molar-refractivity contribution in [3.8, 4) is 17.2 Å². The highest BCUT2D eigenvalue weighted by Gasteiger charge is 2.34. The highest BCUT2D eigenvalue weighted by molar-refractivity contribution is 7.12. The largest absolute Gasteiger partial charge is 0.494 e. The van der Waals surface area contributed by atoms with Gasteiger partial charge in [0.1, 0.15) is 11.5 Å². The molecule has 1 atom stereocenters. The second-order valence-electron chi connectivity index (χ2n) is 9.57. The molecule has 180 valence electrons. The zero-order valence-electron chi connectivity index (χ0n) is 20.5. The Morgan fingerprint density at radius 1 is 1.00 bits per heavy atom. The van der Waals surface area contributed by atoms with Gasteiger partial charge < -0.3 is 9.15 Å². The van der Waals surface area contributed by atoms with E-state index >= 15 is 0 Å². The number of hydrogen-bond donors (Lipinski definition) is 0. The molecule has 2 aliphatic rings. The minimum Gasteiger partial charge on any atom is -0.494 e. The van der Waals surface area contributed by atoms with Crippen LogP contribution < -0.4 is 4.74 Å². The van der Waals surface area contributed by atoms with Crippen molar-refractivity contribution in [1.82, 2.24) is 9.88 Å². The molecule has 0 radical (unpaired) electrons. The summed E-state index contributed by atoms with van der Waals surface area (Å²) in [6, 6.07) is 19.3. The molecule has 4 aromatic rings. The van der Waals surface area contributed by atoms with E-state index in [1.54, 1.807) is 20.9 Å². The van der Waals surface area contributed by atoms with E-state index < -0.39 is 0 Å². The molecule has 3 heterocycles. The molecular formula is C30H32N2O2S. The van der Waals surface area contributed by atoms with Crippen LogP contribution in [0.3, 0.4) is 0 Å². The van der Waals surface area contributed by atoms with Gasteiger partial charge in [-0.1, -0.05) is 30.3 Å². The Morgan fingerprint density at radius 2 is 1.80 bits per heavy atom. The van der Waals surface area contributed by atoms with Crippen molar-refractivity contribution >= 4 is 11.3 Å². The van der Waals surface area contributed by atoms with E-state index in [1.807, 2.05) is 38.1 Å². The summed E-state index contributed by atoms with van der Waals surface area (Å²) >= 11 is 2.07. The van der Waals surface area contributed by atoms with Crippen molar-refractivity contribution in [2.75, 3.05) is 13.2 Å². The average molecular weight is 485 g/mol. The molecule has 0 saturated heterocycles. The molecule has 6 rings (SSSR count). The van der Waals surface area contributed by atoms with Crippen LogP contribution in [-0.2, 0) is 25.8 Å². The highest BCUT2D eigenvalue weighted by atomic mass is 32.1. The summed E-state index contributed by atoms with van der Waals surface area (Å²) in [5.74, 6) is 2.45. The number of aryl methyl sites for hydroxylation is 2. The van der Waals surface area contributed by atoms with Crippen LogP contribution in [0.1, 0.15) is 63.7 Å². The average Bonchev–Trinajstić information content (AvgIpc) is 3.45. The smallest absolute Gasteiger partial charge is 0.226 e. The van der Waals surface area contributed by atoms with E-state index in [2.05, 4.69) is 46.6 Å². The van der Waals surface area contributed by atoms with E-state index in [1.165, 1.54) is 31.2 Å². The maximum atomic E-state index is 6.14. The lowest BCUT2D eigenvalue weighted by molar-refractivity contribution is 0.204. The molecule has 2 aromatic carbocycles. The van der Waals surface area contributed by atoms with Gasteiger partial charge in [-0.25, -0.2) is 4.98 Å². The number of oxazole rings is 1. The first-order valence-electron chi connectivity index (χ1n) is 12.8. The quantitative estimate of drug-likeness (QED) is 0.292. The second kappa shape index (κ2) is 9.63. The van der Waals surface area contributed by atoms with E-state index in [0.29, 0.717) is 12.5 Å². The van der Waals surface area contributed by atoms with Crippen molar-refractivity contribution in [1.29, 1.82) is 0 Å². The van der Waals surface area contributed by atoms with Gasteiger partial charge in [-0.05, 0) is 86.9 Å². The zero-order chi connectivity index (χ0) is 23.8. The van der Waals surface area contributed by atoms with Gasteiger partial charge in [0.2, 0.25) is 5.89 Å². The fourth-order valence-corrected chi connectivity index (χ4v) is 7.22. The van der Waals surface area contributed by atoms with E-state index in [-0.39, 0.29) is 6.04 Å². The molecule has 4 nitrogen and oxygen atoms in total. The maximum absolute atomic E-state index is 6.14. The van der Waals surface area contributed by atoms with Gasteiger partial charge in [-0.3, -0.25) is 4.90 Å². The number of rotatable bonds is 6. The molecule has 0 N–H and O–H groups in total. The van der Waals surface area contributed by atoms with Crippen LogP contribution in [0.5, 0.6) is 5.75 Å². The maximum Gasteiger partial charge on any atom is 0.226 e. The minimum atomic E-state index is 0.278. The monoisotopic (exact) mass is 484 g/mol. The van der Waals surface area contributed by atoms with Crippen LogP contribution in [0.4, 0.5) is 0 Å². The van der Waals surface area contributed by atoms with Gasteiger partial charge in [-0.15, -0.1) is 11.3 Å². The van der Waals surface area contributed by atoms with Gasteiger partial charge >= 0.3 is 0 Å². The molecule has 35 heavy (non-hydrogen) atoms. The van der Waals surface area contributed by atoms with Gasteiger partial charge in [0.05, 0.1) is 18.3 Å². The lowest BCUT2D eigenvalue weighted by Gasteiger charge is -2.36. The van der Waals surface area contributed by atoms with Gasteiger partial charge in [-0.2, -0.15) is 0 Å². The van der Waals surface area contributed by atoms with Crippen LogP contribution in [0.15, 0.2) is 59.0 Å². The molecule has 5 heteroatoms. The molecule has 0 bridgehead atoms. The Hall–Kier alpha value is -2.89. The van der Waals surface area contributed by atoms with Crippen LogP contribution in [-0.4, -0.2) is 23.0 Å². The SMILES string of the molecule is CCOc1ccc(-c2nc(CN3CCc4c(sc5c4CCCC5)C3c3ccccc3)c(C)o2)cc1. The van der Waals surface area contributed by atoms with Gasteiger partial charge in [0.15, 0.2) is 0 Å². The standard InChI is InChI=1S/C30H32N2O2S/c1-3-33-23-15-13-22(14-16-23)30-31-26(20(2)34-30)19-32-18-17-25-24-11-7-8-12-27(24)35-29(25)28(32)21-9-5-4-6-10-21/h4-6,9-10,13-16,28H,3,7-8,11-12,17-19H2,1-2H3. The Balaban J connectivity index is 1.32. The lowest BCUT2D eigenvalue weighted by atomic mass is 9.88. The Morgan fingerprint density at radius 3 is 2.60 bits per heavy atom. The molecule has 1 aliphatic heterocycles. The first-order valence-corrected chi connectivity index (χ1v) is 13.6. The minimum absolute atomic E-state index is 0.278. The number of fused-ring (bicyclic) bond motifs is 3. The van der Waals surface area contributed by atoms with Crippen LogP contribution >= 0.6 is 11.3 Å². The molecule has 0 fully saturated rings. The van der Waals surface area contributed by atoms with E-state index in [9.17, 15) is 0 Å². The van der Waals surface area contributed by atoms with Crippen molar-refractivity contribution in [2.45, 2.75) is 58.5 Å². The zero-order valence-corrected chi connectivity index (χ0v) is 21.4. The molecule has 1 unspecified atom stereocenters. The first-order chi connectivity index (χ1) is 17.2. The predicted molar refractivity (Wildman–Crippen MR) is 141 cm³/mol. The molecule has 0 saturated carbocycles. The number of thiophene rings is 1. The highest BCUT2D eigenvalue weighted by Crippen LogP contribution is 2.45. The third-order valence-corrected chi connectivity index (χ3v) is 8.73. The fourth-order valence-electron chi connectivity index (χ4n) is 5.62. The summed E-state index contributed by atoms with van der Waals surface area (Å²) in [6.45, 7) is 6.52. The third-order valence-electron chi connectivity index (χ3n) is 7.35. The summed E-state index contributed by atoms with van der Waals surface area (Å²) in [7, 11) is 0. The summed E-state index contributed by atoms with van der Waals surface area (Å²) in [4.78, 5) is 10.8. The number of nitrogens with zero attached hydrogens (tertiary/aromatic N) is 2. The van der Waals surface area contributed by atoms with Crippen molar-refractivity contribution in [2.24, 2.45) is 0 Å². The first kappa shape index (κ1) is 22.6. The summed E-state index contributed by atoms with van der Waals surface area (Å²) in [5, 5.41) is 0. The van der Waals surface area contributed by atoms with E-state index in [0.717, 1.165) is 42.3 Å². The van der Waals surface area contributed by atoms with Crippen LogP contribution in [0.2, 0.25) is 0 Å². The van der Waals surface area contributed by atoms with Crippen molar-refractivity contribution < 1.29 is 9.15 Å². The predicted octanol–water partition coefficient (Wildman–Crippen LogP) is 7.14. The Labute approximate surface area is 211 Å². The Bertz CT molecular complexity index is 1310. The fraction of sp³-hybridized carbons (Fsp3) is 0.367. The van der Waals surface area contributed by atoms with Crippen LogP contribution in [0, 0.1) is 6.92 Å². The van der Waals surface area contributed by atoms with E-state index in [4.69, 9.17) is 14.1 Å². The topological polar surface area (TPSA) is 38.5 Å². The lowest BCUT2D eigenvalue weighted by Crippen LogP contribution is -2.35. The van der Waals surface area contributed by atoms with Gasteiger partial charge in [0.25, 0.3) is 0 Å². The van der Waals surface area contributed by atoms with Gasteiger partial charge in [0, 0.05) is 28.4 Å². The normalized spacial score (nSPS) is 17.7. The summed E-state index contributed by atoms with van der Waals surface area (Å²) in [6.07, 6.45) is 6.31. The second-order valence-corrected chi connectivity index (χ2v) is 10.7. The summed E-state index contributed by atoms with van der Waals surface area (Å²) in [5.41, 5.74) is 6.70. The number of aromatic nitrogens is 1. The van der Waals surface area contributed by atoms with Crippen molar-refractivity contribution in [3.05, 3.63) is 92.5 Å². The summed E-state index contributed by atoms with van der Waals surface area (Å²) < 4.78 is 11.7. The van der Waals surface area contributed by atoms with Crippen LogP contribution in [0.25, 0.3) is 11.5 Å². The third kappa shape index (κ3) is 4.32.